The van der Waals surface area contributed by atoms with E-state index in [0.717, 1.165) is 11.1 Å². The van der Waals surface area contributed by atoms with Crippen LogP contribution in [-0.2, 0) is 10.0 Å². The molecule has 0 amide bonds. The van der Waals surface area contributed by atoms with Gasteiger partial charge in [0, 0.05) is 12.0 Å². The largest absolute Gasteiger partial charge is 0.497 e. The first-order chi connectivity index (χ1) is 14.0. The molecule has 3 rings (SSSR count). The fourth-order valence-electron chi connectivity index (χ4n) is 3.91. The Hall–Kier alpha value is -2.25. The van der Waals surface area contributed by atoms with Gasteiger partial charge in [0.15, 0.2) is 0 Å². The molecule has 0 saturated carbocycles. The Morgan fingerprint density at radius 1 is 1.13 bits per heavy atom. The minimum absolute atomic E-state index is 0.126. The molecule has 6 nitrogen and oxygen atoms in total. The van der Waals surface area contributed by atoms with E-state index in [1.54, 1.807) is 33.3 Å². The molecule has 0 bridgehead atoms. The highest BCUT2D eigenvalue weighted by molar-refractivity contribution is 7.89. The monoisotopic (exact) mass is 433 g/mol. The summed E-state index contributed by atoms with van der Waals surface area (Å²) in [5, 5.41) is 0. The number of methoxy groups -OCH3 is 2. The lowest BCUT2D eigenvalue weighted by molar-refractivity contribution is 0.0700. The van der Waals surface area contributed by atoms with Crippen LogP contribution in [-0.4, -0.2) is 28.2 Å². The zero-order valence-electron chi connectivity index (χ0n) is 18.7. The number of hydrogen-bond acceptors (Lipinski definition) is 5. The van der Waals surface area contributed by atoms with E-state index >= 15 is 0 Å². The van der Waals surface area contributed by atoms with Crippen LogP contribution in [0, 0.1) is 6.92 Å². The molecule has 1 N–H and O–H groups in total. The van der Waals surface area contributed by atoms with Crippen LogP contribution in [0.3, 0.4) is 0 Å². The second-order valence-corrected chi connectivity index (χ2v) is 10.3. The number of benzene rings is 2. The number of sulfonamides is 1. The van der Waals surface area contributed by atoms with Crippen LogP contribution in [0.1, 0.15) is 62.8 Å². The van der Waals surface area contributed by atoms with Crippen LogP contribution in [0.25, 0.3) is 0 Å². The summed E-state index contributed by atoms with van der Waals surface area (Å²) < 4.78 is 46.7. The lowest BCUT2D eigenvalue weighted by Crippen LogP contribution is -2.41. The summed E-state index contributed by atoms with van der Waals surface area (Å²) in [6, 6.07) is 8.54. The van der Waals surface area contributed by atoms with E-state index in [1.807, 2.05) is 45.9 Å². The molecule has 0 fully saturated rings. The Morgan fingerprint density at radius 2 is 1.83 bits per heavy atom. The van der Waals surface area contributed by atoms with Gasteiger partial charge < -0.3 is 14.2 Å². The van der Waals surface area contributed by atoms with E-state index < -0.39 is 21.7 Å². The molecular weight excluding hydrogens is 402 g/mol. The first-order valence-electron chi connectivity index (χ1n) is 10.0. The van der Waals surface area contributed by atoms with Crippen LogP contribution < -0.4 is 18.9 Å². The van der Waals surface area contributed by atoms with Crippen molar-refractivity contribution >= 4 is 10.0 Å². The van der Waals surface area contributed by atoms with E-state index in [1.165, 1.54) is 0 Å². The number of rotatable bonds is 6. The summed E-state index contributed by atoms with van der Waals surface area (Å²) in [6.07, 6.45) is 0.499. The molecule has 2 aromatic carbocycles. The van der Waals surface area contributed by atoms with Gasteiger partial charge in [-0.05, 0) is 68.1 Å². The lowest BCUT2D eigenvalue weighted by atomic mass is 9.90. The van der Waals surface area contributed by atoms with Crippen LogP contribution in [0.15, 0.2) is 35.2 Å². The number of ether oxygens (including phenoxy) is 3. The smallest absolute Gasteiger partial charge is 0.241 e. The molecule has 0 spiro atoms. The average Bonchev–Trinajstić information content (AvgIpc) is 2.65. The highest BCUT2D eigenvalue weighted by Gasteiger charge is 2.37. The maximum atomic E-state index is 13.4. The van der Waals surface area contributed by atoms with Crippen LogP contribution >= 0.6 is 0 Å². The van der Waals surface area contributed by atoms with Gasteiger partial charge in [0.1, 0.15) is 22.8 Å². The van der Waals surface area contributed by atoms with Crippen molar-refractivity contribution in [1.82, 2.24) is 4.72 Å². The second kappa shape index (κ2) is 8.12. The summed E-state index contributed by atoms with van der Waals surface area (Å²) in [5.74, 6) is 2.14. The van der Waals surface area contributed by atoms with Gasteiger partial charge in [0.2, 0.25) is 10.0 Å². The molecule has 0 saturated heterocycles. The normalized spacial score (nSPS) is 17.9. The molecule has 2 aromatic rings. The van der Waals surface area contributed by atoms with Crippen molar-refractivity contribution in [2.45, 2.75) is 63.5 Å². The Bertz CT molecular complexity index is 1040. The van der Waals surface area contributed by atoms with Crippen molar-refractivity contribution < 1.29 is 22.6 Å². The summed E-state index contributed by atoms with van der Waals surface area (Å²) in [7, 11) is -0.601. The molecule has 164 valence electrons. The van der Waals surface area contributed by atoms with Gasteiger partial charge in [-0.1, -0.05) is 13.8 Å². The Balaban J connectivity index is 2.05. The first-order valence-corrected chi connectivity index (χ1v) is 11.5. The SMILES string of the molecule is COc1ccc2c(c1)[C@@H](NS(=O)(=O)c1cc(C(C)C)c(OC)cc1C)CC(C)(C)O2. The zero-order valence-corrected chi connectivity index (χ0v) is 19.5. The van der Waals surface area contributed by atoms with Gasteiger partial charge in [0.05, 0.1) is 25.2 Å². The molecular formula is C23H31NO5S. The lowest BCUT2D eigenvalue weighted by Gasteiger charge is -2.38. The highest BCUT2D eigenvalue weighted by Crippen LogP contribution is 2.42. The Kier molecular flexibility index (Phi) is 6.07. The molecule has 0 unspecified atom stereocenters. The van der Waals surface area contributed by atoms with Crippen LogP contribution in [0.2, 0.25) is 0 Å². The molecule has 1 heterocycles. The molecule has 30 heavy (non-hydrogen) atoms. The molecule has 0 aliphatic carbocycles. The zero-order chi connectivity index (χ0) is 22.3. The molecule has 0 radical (unpaired) electrons. The first kappa shape index (κ1) is 22.4. The predicted molar refractivity (Wildman–Crippen MR) is 117 cm³/mol. The molecule has 1 aliphatic rings. The minimum atomic E-state index is -3.79. The fraction of sp³-hybridized carbons (Fsp3) is 0.478. The third-order valence-electron chi connectivity index (χ3n) is 5.41. The minimum Gasteiger partial charge on any atom is -0.497 e. The molecule has 0 aromatic heterocycles. The van der Waals surface area contributed by atoms with Crippen LogP contribution in [0.4, 0.5) is 0 Å². The molecule has 1 aliphatic heterocycles. The second-order valence-electron chi connectivity index (χ2n) is 8.66. The summed E-state index contributed by atoms with van der Waals surface area (Å²) in [6.45, 7) is 9.72. The van der Waals surface area contributed by atoms with Gasteiger partial charge in [0.25, 0.3) is 0 Å². The number of nitrogens with one attached hydrogen (secondary N) is 1. The number of hydrogen-bond donors (Lipinski definition) is 1. The van der Waals surface area contributed by atoms with Gasteiger partial charge in [-0.25, -0.2) is 13.1 Å². The van der Waals surface area contributed by atoms with Gasteiger partial charge in [-0.2, -0.15) is 0 Å². The maximum Gasteiger partial charge on any atom is 0.241 e. The Labute approximate surface area is 179 Å². The fourth-order valence-corrected chi connectivity index (χ4v) is 5.39. The van der Waals surface area contributed by atoms with Crippen LogP contribution in [0.5, 0.6) is 17.2 Å². The molecule has 1 atom stereocenters. The van der Waals surface area contributed by atoms with E-state index in [9.17, 15) is 8.42 Å². The van der Waals surface area contributed by atoms with Crippen molar-refractivity contribution in [2.75, 3.05) is 14.2 Å². The van der Waals surface area contributed by atoms with E-state index in [2.05, 4.69) is 4.72 Å². The van der Waals surface area contributed by atoms with E-state index in [4.69, 9.17) is 14.2 Å². The Morgan fingerprint density at radius 3 is 2.43 bits per heavy atom. The van der Waals surface area contributed by atoms with Crippen molar-refractivity contribution in [3.63, 3.8) is 0 Å². The summed E-state index contributed by atoms with van der Waals surface area (Å²) in [5.41, 5.74) is 1.76. The summed E-state index contributed by atoms with van der Waals surface area (Å²) >= 11 is 0. The van der Waals surface area contributed by atoms with E-state index in [0.29, 0.717) is 29.2 Å². The predicted octanol–water partition coefficient (Wildman–Crippen LogP) is 4.72. The average molecular weight is 434 g/mol. The van der Waals surface area contributed by atoms with Gasteiger partial charge in [-0.3, -0.25) is 0 Å². The number of fused-ring (bicyclic) bond motifs is 1. The highest BCUT2D eigenvalue weighted by atomic mass is 32.2. The topological polar surface area (TPSA) is 73.9 Å². The van der Waals surface area contributed by atoms with Gasteiger partial charge in [-0.15, -0.1) is 0 Å². The quantitative estimate of drug-likeness (QED) is 0.714. The standard InChI is InChI=1S/C23H31NO5S/c1-14(2)17-12-22(15(3)10-21(17)28-7)30(25,26)24-19-13-23(4,5)29-20-9-8-16(27-6)11-18(19)20/h8-12,14,19,24H,13H2,1-7H3/t19-/m0/s1. The van der Waals surface area contributed by atoms with Crippen molar-refractivity contribution in [3.8, 4) is 17.2 Å². The van der Waals surface area contributed by atoms with Crippen molar-refractivity contribution in [2.24, 2.45) is 0 Å². The molecule has 7 heteroatoms. The summed E-state index contributed by atoms with van der Waals surface area (Å²) in [4.78, 5) is 0.265. The number of aryl methyl sites for hydroxylation is 1. The maximum absolute atomic E-state index is 13.4. The third kappa shape index (κ3) is 4.42. The third-order valence-corrected chi connectivity index (χ3v) is 7.02. The van der Waals surface area contributed by atoms with E-state index in [-0.39, 0.29) is 10.8 Å². The van der Waals surface area contributed by atoms with Gasteiger partial charge >= 0.3 is 0 Å². The van der Waals surface area contributed by atoms with Crippen molar-refractivity contribution in [3.05, 3.63) is 47.0 Å². The van der Waals surface area contributed by atoms with Crippen molar-refractivity contribution in [1.29, 1.82) is 0 Å².